The summed E-state index contributed by atoms with van der Waals surface area (Å²) in [6.45, 7) is 1.99. The number of nitrogens with one attached hydrogen (secondary N) is 1. The summed E-state index contributed by atoms with van der Waals surface area (Å²) in [7, 11) is 0. The molecule has 3 rings (SSSR count). The topological polar surface area (TPSA) is 37.8 Å². The smallest absolute Gasteiger partial charge is 0.134 e. The lowest BCUT2D eigenvalue weighted by molar-refractivity contribution is 0.430. The number of rotatable bonds is 3. The molecule has 1 N–H and O–H groups in total. The van der Waals surface area contributed by atoms with Crippen LogP contribution in [0.15, 0.2) is 41.4 Å². The number of thioether (sulfide) groups is 1. The molecular weight excluding hydrogens is 242 g/mol. The Labute approximate surface area is 111 Å². The van der Waals surface area contributed by atoms with Gasteiger partial charge >= 0.3 is 0 Å². The van der Waals surface area contributed by atoms with Gasteiger partial charge in [0.05, 0.1) is 5.69 Å². The standard InChI is InChI=1S/C14H15N3S/c1-18-12-4-2-10(3-5-12)13-6-7-16-14(17-13)11-8-15-9-11/h2-7,11,15H,8-9H2,1H3. The molecule has 0 radical (unpaired) electrons. The molecule has 1 aliphatic heterocycles. The molecule has 1 fully saturated rings. The van der Waals surface area contributed by atoms with Gasteiger partial charge in [-0.3, -0.25) is 0 Å². The van der Waals surface area contributed by atoms with Gasteiger partial charge in [0.1, 0.15) is 5.82 Å². The molecule has 4 heteroatoms. The highest BCUT2D eigenvalue weighted by molar-refractivity contribution is 7.98. The van der Waals surface area contributed by atoms with E-state index in [9.17, 15) is 0 Å². The number of hydrogen-bond donors (Lipinski definition) is 1. The largest absolute Gasteiger partial charge is 0.315 e. The molecule has 2 aromatic rings. The minimum atomic E-state index is 0.482. The van der Waals surface area contributed by atoms with E-state index in [1.165, 1.54) is 4.90 Å². The first-order chi connectivity index (χ1) is 8.86. The van der Waals surface area contributed by atoms with E-state index >= 15 is 0 Å². The zero-order chi connectivity index (χ0) is 12.4. The molecule has 1 saturated heterocycles. The van der Waals surface area contributed by atoms with Crippen LogP contribution in [-0.4, -0.2) is 29.3 Å². The van der Waals surface area contributed by atoms with Crippen LogP contribution in [0, 0.1) is 0 Å². The van der Waals surface area contributed by atoms with Crippen LogP contribution in [-0.2, 0) is 0 Å². The number of nitrogens with zero attached hydrogens (tertiary/aromatic N) is 2. The Bertz CT molecular complexity index is 535. The van der Waals surface area contributed by atoms with E-state index in [4.69, 9.17) is 0 Å². The zero-order valence-corrected chi connectivity index (χ0v) is 11.1. The van der Waals surface area contributed by atoms with Crippen LogP contribution in [0.5, 0.6) is 0 Å². The monoisotopic (exact) mass is 257 g/mol. The van der Waals surface area contributed by atoms with Crippen LogP contribution in [0.1, 0.15) is 11.7 Å². The Kier molecular flexibility index (Phi) is 3.30. The summed E-state index contributed by atoms with van der Waals surface area (Å²) >= 11 is 1.75. The van der Waals surface area contributed by atoms with Crippen molar-refractivity contribution in [1.29, 1.82) is 0 Å². The van der Waals surface area contributed by atoms with Crippen LogP contribution in [0.4, 0.5) is 0 Å². The molecule has 1 aromatic carbocycles. The van der Waals surface area contributed by atoms with Crippen LogP contribution in [0.25, 0.3) is 11.3 Å². The van der Waals surface area contributed by atoms with Gasteiger partial charge in [0.15, 0.2) is 0 Å². The van der Waals surface area contributed by atoms with Gasteiger partial charge in [0.25, 0.3) is 0 Å². The van der Waals surface area contributed by atoms with Crippen molar-refractivity contribution in [2.24, 2.45) is 0 Å². The lowest BCUT2D eigenvalue weighted by atomic mass is 10.0. The molecule has 0 spiro atoms. The molecule has 0 saturated carbocycles. The summed E-state index contributed by atoms with van der Waals surface area (Å²) in [6.07, 6.45) is 3.94. The normalized spacial score (nSPS) is 15.4. The number of benzene rings is 1. The quantitative estimate of drug-likeness (QED) is 0.858. The summed E-state index contributed by atoms with van der Waals surface area (Å²) < 4.78 is 0. The second kappa shape index (κ2) is 5.08. The van der Waals surface area contributed by atoms with Crippen molar-refractivity contribution in [3.63, 3.8) is 0 Å². The van der Waals surface area contributed by atoms with Gasteiger partial charge in [0.2, 0.25) is 0 Å². The summed E-state index contributed by atoms with van der Waals surface area (Å²) in [5.41, 5.74) is 2.17. The highest BCUT2D eigenvalue weighted by Gasteiger charge is 2.21. The fourth-order valence-corrected chi connectivity index (χ4v) is 2.37. The lowest BCUT2D eigenvalue weighted by Crippen LogP contribution is -2.40. The van der Waals surface area contributed by atoms with Gasteiger partial charge in [-0.15, -0.1) is 11.8 Å². The van der Waals surface area contributed by atoms with Gasteiger partial charge in [-0.05, 0) is 24.5 Å². The molecule has 1 aromatic heterocycles. The van der Waals surface area contributed by atoms with Crippen molar-refractivity contribution in [2.45, 2.75) is 10.8 Å². The predicted octanol–water partition coefficient (Wildman–Crippen LogP) is 2.55. The maximum Gasteiger partial charge on any atom is 0.134 e. The lowest BCUT2D eigenvalue weighted by Gasteiger charge is -2.25. The predicted molar refractivity (Wildman–Crippen MR) is 74.9 cm³/mol. The maximum absolute atomic E-state index is 4.66. The van der Waals surface area contributed by atoms with E-state index in [2.05, 4.69) is 45.8 Å². The third kappa shape index (κ3) is 2.26. The highest BCUT2D eigenvalue weighted by Crippen LogP contribution is 2.23. The Morgan fingerprint density at radius 1 is 1.17 bits per heavy atom. The van der Waals surface area contributed by atoms with E-state index in [0.29, 0.717) is 5.92 Å². The summed E-state index contributed by atoms with van der Waals surface area (Å²) in [5, 5.41) is 3.25. The van der Waals surface area contributed by atoms with Gasteiger partial charge in [0, 0.05) is 35.7 Å². The Hall–Kier alpha value is -1.39. The first-order valence-electron chi connectivity index (χ1n) is 6.05. The minimum absolute atomic E-state index is 0.482. The molecule has 0 bridgehead atoms. The molecular formula is C14H15N3S. The summed E-state index contributed by atoms with van der Waals surface area (Å²) in [6, 6.07) is 10.5. The van der Waals surface area contributed by atoms with E-state index in [1.54, 1.807) is 11.8 Å². The molecule has 0 aliphatic carbocycles. The average molecular weight is 257 g/mol. The SMILES string of the molecule is CSc1ccc(-c2ccnc(C3CNC3)n2)cc1. The van der Waals surface area contributed by atoms with Crippen LogP contribution >= 0.6 is 11.8 Å². The van der Waals surface area contributed by atoms with Gasteiger partial charge in [-0.1, -0.05) is 12.1 Å². The molecule has 18 heavy (non-hydrogen) atoms. The molecule has 92 valence electrons. The first kappa shape index (κ1) is 11.7. The molecule has 0 amide bonds. The minimum Gasteiger partial charge on any atom is -0.315 e. The summed E-state index contributed by atoms with van der Waals surface area (Å²) in [4.78, 5) is 10.3. The molecule has 0 atom stereocenters. The van der Waals surface area contributed by atoms with Crippen LogP contribution in [0.2, 0.25) is 0 Å². The number of hydrogen-bond acceptors (Lipinski definition) is 4. The summed E-state index contributed by atoms with van der Waals surface area (Å²) in [5.74, 6) is 1.44. The molecule has 3 nitrogen and oxygen atoms in total. The molecule has 2 heterocycles. The van der Waals surface area contributed by atoms with Crippen LogP contribution < -0.4 is 5.32 Å². The second-order valence-electron chi connectivity index (χ2n) is 4.38. The Morgan fingerprint density at radius 2 is 1.94 bits per heavy atom. The Morgan fingerprint density at radius 3 is 2.56 bits per heavy atom. The highest BCUT2D eigenvalue weighted by atomic mass is 32.2. The second-order valence-corrected chi connectivity index (χ2v) is 5.26. The van der Waals surface area contributed by atoms with Crippen molar-refractivity contribution < 1.29 is 0 Å². The van der Waals surface area contributed by atoms with Gasteiger partial charge in [-0.25, -0.2) is 9.97 Å². The van der Waals surface area contributed by atoms with Gasteiger partial charge < -0.3 is 5.32 Å². The van der Waals surface area contributed by atoms with Crippen molar-refractivity contribution in [3.05, 3.63) is 42.4 Å². The van der Waals surface area contributed by atoms with Crippen LogP contribution in [0.3, 0.4) is 0 Å². The van der Waals surface area contributed by atoms with E-state index in [0.717, 1.165) is 30.2 Å². The van der Waals surface area contributed by atoms with Gasteiger partial charge in [-0.2, -0.15) is 0 Å². The Balaban J connectivity index is 1.90. The third-order valence-corrected chi connectivity index (χ3v) is 3.95. The number of aromatic nitrogens is 2. The zero-order valence-electron chi connectivity index (χ0n) is 10.3. The molecule has 0 unspecified atom stereocenters. The van der Waals surface area contributed by atoms with Crippen molar-refractivity contribution in [1.82, 2.24) is 15.3 Å². The van der Waals surface area contributed by atoms with E-state index in [-0.39, 0.29) is 0 Å². The first-order valence-corrected chi connectivity index (χ1v) is 7.27. The molecule has 1 aliphatic rings. The van der Waals surface area contributed by atoms with Crippen molar-refractivity contribution >= 4 is 11.8 Å². The fraction of sp³-hybridized carbons (Fsp3) is 0.286. The van der Waals surface area contributed by atoms with E-state index in [1.807, 2.05) is 12.3 Å². The van der Waals surface area contributed by atoms with Crippen molar-refractivity contribution in [2.75, 3.05) is 19.3 Å². The van der Waals surface area contributed by atoms with E-state index < -0.39 is 0 Å². The maximum atomic E-state index is 4.66. The fourth-order valence-electron chi connectivity index (χ4n) is 1.96. The van der Waals surface area contributed by atoms with Crippen molar-refractivity contribution in [3.8, 4) is 11.3 Å². The third-order valence-electron chi connectivity index (χ3n) is 3.21. The average Bonchev–Trinajstić information content (AvgIpc) is 2.37.